The number of carbonyl (C=O) groups is 2. The van der Waals surface area contributed by atoms with Gasteiger partial charge in [0.25, 0.3) is 0 Å². The van der Waals surface area contributed by atoms with Gasteiger partial charge in [0.2, 0.25) is 11.7 Å². The second-order valence-corrected chi connectivity index (χ2v) is 6.06. The van der Waals surface area contributed by atoms with Gasteiger partial charge in [0.15, 0.2) is 10.9 Å². The largest absolute Gasteiger partial charge is 0.461 e. The quantitative estimate of drug-likeness (QED) is 0.613. The zero-order chi connectivity index (χ0) is 17.0. The third kappa shape index (κ3) is 3.81. The molecule has 2 aromatic heterocycles. The maximum Gasteiger partial charge on any atom is 0.318 e. The molecular formula is C14H17N5O3S. The summed E-state index contributed by atoms with van der Waals surface area (Å²) in [5.41, 5.74) is 5.88. The summed E-state index contributed by atoms with van der Waals surface area (Å²) in [4.78, 5) is 22.5. The number of rotatable bonds is 6. The Bertz CT molecular complexity index is 737. The molecule has 9 heteroatoms. The van der Waals surface area contributed by atoms with Crippen LogP contribution in [-0.4, -0.2) is 32.0 Å². The second kappa shape index (κ2) is 7.14. The molecule has 2 heterocycles. The number of imide groups is 1. The van der Waals surface area contributed by atoms with E-state index < -0.39 is 17.2 Å². The molecular weight excluding hydrogens is 318 g/mol. The van der Waals surface area contributed by atoms with Gasteiger partial charge in [-0.3, -0.25) is 14.7 Å². The molecule has 1 atom stereocenters. The lowest BCUT2D eigenvalue weighted by Crippen LogP contribution is -2.39. The average Bonchev–Trinajstić information content (AvgIpc) is 3.05. The number of aromatic nitrogens is 3. The van der Waals surface area contributed by atoms with E-state index >= 15 is 0 Å². The summed E-state index contributed by atoms with van der Waals surface area (Å²) in [5.74, 6) is 0.671. The van der Waals surface area contributed by atoms with Gasteiger partial charge in [-0.15, -0.1) is 16.8 Å². The Balaban J connectivity index is 2.28. The standard InChI is InChI=1S/C14H17N5O3S/c1-4-6-19-11(10-8(2)5-7-22-10)17-18-14(19)23-9(3)12(20)16-13(15)21/h4-5,7,9H,1,6H2,2-3H3,(H3,15,16,20,21). The van der Waals surface area contributed by atoms with Crippen molar-refractivity contribution in [2.24, 2.45) is 5.73 Å². The van der Waals surface area contributed by atoms with Gasteiger partial charge in [-0.1, -0.05) is 17.8 Å². The number of urea groups is 1. The number of nitrogens with one attached hydrogen (secondary N) is 1. The maximum absolute atomic E-state index is 11.8. The van der Waals surface area contributed by atoms with Crippen molar-refractivity contribution in [2.75, 3.05) is 0 Å². The normalized spacial score (nSPS) is 11.9. The van der Waals surface area contributed by atoms with Gasteiger partial charge in [0, 0.05) is 6.54 Å². The first-order valence-corrected chi connectivity index (χ1v) is 7.67. The van der Waals surface area contributed by atoms with E-state index in [1.807, 2.05) is 18.3 Å². The molecule has 0 saturated carbocycles. The zero-order valence-corrected chi connectivity index (χ0v) is 13.6. The van der Waals surface area contributed by atoms with Crippen LogP contribution in [0.3, 0.4) is 0 Å². The van der Waals surface area contributed by atoms with E-state index in [9.17, 15) is 9.59 Å². The molecule has 23 heavy (non-hydrogen) atoms. The van der Waals surface area contributed by atoms with E-state index in [-0.39, 0.29) is 0 Å². The molecule has 2 rings (SSSR count). The van der Waals surface area contributed by atoms with Crippen molar-refractivity contribution in [3.8, 4) is 11.6 Å². The predicted octanol–water partition coefficient (Wildman–Crippen LogP) is 1.71. The number of hydrogen-bond donors (Lipinski definition) is 2. The minimum atomic E-state index is -0.887. The van der Waals surface area contributed by atoms with Crippen LogP contribution < -0.4 is 11.1 Å². The minimum absolute atomic E-state index is 0.453. The lowest BCUT2D eigenvalue weighted by molar-refractivity contribution is -0.119. The van der Waals surface area contributed by atoms with Crippen LogP contribution in [0.2, 0.25) is 0 Å². The summed E-state index contributed by atoms with van der Waals surface area (Å²) in [6.45, 7) is 7.72. The molecule has 0 aromatic carbocycles. The van der Waals surface area contributed by atoms with E-state index in [0.29, 0.717) is 23.3 Å². The number of aryl methyl sites for hydroxylation is 1. The topological polar surface area (TPSA) is 116 Å². The highest BCUT2D eigenvalue weighted by Crippen LogP contribution is 2.28. The number of hydrogen-bond acceptors (Lipinski definition) is 6. The van der Waals surface area contributed by atoms with Crippen molar-refractivity contribution in [1.29, 1.82) is 0 Å². The summed E-state index contributed by atoms with van der Waals surface area (Å²) in [7, 11) is 0. The molecule has 0 spiro atoms. The van der Waals surface area contributed by atoms with Gasteiger partial charge in [-0.05, 0) is 25.5 Å². The lowest BCUT2D eigenvalue weighted by Gasteiger charge is -2.11. The van der Waals surface area contributed by atoms with Gasteiger partial charge in [-0.2, -0.15) is 0 Å². The Hall–Kier alpha value is -2.55. The first kappa shape index (κ1) is 16.8. The highest BCUT2D eigenvalue weighted by atomic mass is 32.2. The number of carbonyl (C=O) groups excluding carboxylic acids is 2. The molecule has 0 saturated heterocycles. The van der Waals surface area contributed by atoms with Crippen LogP contribution in [0, 0.1) is 6.92 Å². The zero-order valence-electron chi connectivity index (χ0n) is 12.8. The molecule has 0 radical (unpaired) electrons. The van der Waals surface area contributed by atoms with Gasteiger partial charge in [0.1, 0.15) is 0 Å². The molecule has 122 valence electrons. The third-order valence-corrected chi connectivity index (χ3v) is 4.07. The van der Waals surface area contributed by atoms with Crippen LogP contribution in [0.1, 0.15) is 12.5 Å². The van der Waals surface area contributed by atoms with Gasteiger partial charge in [0.05, 0.1) is 11.5 Å². The summed E-state index contributed by atoms with van der Waals surface area (Å²) in [6.07, 6.45) is 3.27. The summed E-state index contributed by atoms with van der Waals surface area (Å²) >= 11 is 1.16. The van der Waals surface area contributed by atoms with E-state index in [0.717, 1.165) is 17.3 Å². The monoisotopic (exact) mass is 335 g/mol. The summed E-state index contributed by atoms with van der Waals surface area (Å²) in [6, 6.07) is 0.944. The Labute approximate surface area is 137 Å². The fourth-order valence-electron chi connectivity index (χ4n) is 1.87. The first-order chi connectivity index (χ1) is 10.9. The third-order valence-electron chi connectivity index (χ3n) is 2.99. The van der Waals surface area contributed by atoms with Crippen LogP contribution >= 0.6 is 11.8 Å². The Morgan fingerprint density at radius 2 is 2.30 bits per heavy atom. The number of furan rings is 1. The SMILES string of the molecule is C=CCn1c(SC(C)C(=O)NC(N)=O)nnc1-c1occc1C. The van der Waals surface area contributed by atoms with Crippen LogP contribution in [-0.2, 0) is 11.3 Å². The lowest BCUT2D eigenvalue weighted by atomic mass is 10.3. The van der Waals surface area contributed by atoms with Crippen molar-refractivity contribution < 1.29 is 14.0 Å². The highest BCUT2D eigenvalue weighted by Gasteiger charge is 2.22. The molecule has 0 aliphatic carbocycles. The molecule has 3 amide bonds. The summed E-state index contributed by atoms with van der Waals surface area (Å²) < 4.78 is 7.24. The highest BCUT2D eigenvalue weighted by molar-refractivity contribution is 8.00. The molecule has 0 aliphatic heterocycles. The van der Waals surface area contributed by atoms with Crippen molar-refractivity contribution in [1.82, 2.24) is 20.1 Å². The van der Waals surface area contributed by atoms with E-state index in [1.165, 1.54) is 0 Å². The molecule has 2 aromatic rings. The fourth-order valence-corrected chi connectivity index (χ4v) is 2.73. The van der Waals surface area contributed by atoms with Crippen molar-refractivity contribution in [3.63, 3.8) is 0 Å². The number of allylic oxidation sites excluding steroid dienone is 1. The van der Waals surface area contributed by atoms with E-state index in [2.05, 4.69) is 16.8 Å². The first-order valence-electron chi connectivity index (χ1n) is 6.79. The van der Waals surface area contributed by atoms with Crippen molar-refractivity contribution in [3.05, 3.63) is 30.5 Å². The Kier molecular flexibility index (Phi) is 5.22. The molecule has 0 aliphatic rings. The number of amides is 3. The molecule has 3 N–H and O–H groups in total. The van der Waals surface area contributed by atoms with Crippen LogP contribution in [0.5, 0.6) is 0 Å². The number of nitrogens with two attached hydrogens (primary N) is 1. The number of primary amides is 1. The molecule has 8 nitrogen and oxygen atoms in total. The molecule has 0 bridgehead atoms. The van der Waals surface area contributed by atoms with Crippen molar-refractivity contribution >= 4 is 23.7 Å². The Morgan fingerprint density at radius 1 is 1.57 bits per heavy atom. The van der Waals surface area contributed by atoms with Crippen LogP contribution in [0.15, 0.2) is 34.6 Å². The van der Waals surface area contributed by atoms with Crippen LogP contribution in [0.4, 0.5) is 4.79 Å². The minimum Gasteiger partial charge on any atom is -0.461 e. The Morgan fingerprint density at radius 3 is 2.87 bits per heavy atom. The maximum atomic E-state index is 11.8. The molecule has 0 fully saturated rings. The summed E-state index contributed by atoms with van der Waals surface area (Å²) in [5, 5.41) is 10.2. The fraction of sp³-hybridized carbons (Fsp3) is 0.286. The molecule has 1 unspecified atom stereocenters. The van der Waals surface area contributed by atoms with Gasteiger partial charge in [-0.25, -0.2) is 4.79 Å². The smallest absolute Gasteiger partial charge is 0.318 e. The predicted molar refractivity (Wildman–Crippen MR) is 85.7 cm³/mol. The van der Waals surface area contributed by atoms with E-state index in [1.54, 1.807) is 23.8 Å². The average molecular weight is 335 g/mol. The van der Waals surface area contributed by atoms with Gasteiger partial charge < -0.3 is 10.2 Å². The van der Waals surface area contributed by atoms with E-state index in [4.69, 9.17) is 10.2 Å². The van der Waals surface area contributed by atoms with Crippen LogP contribution in [0.25, 0.3) is 11.6 Å². The van der Waals surface area contributed by atoms with Gasteiger partial charge >= 0.3 is 6.03 Å². The second-order valence-electron chi connectivity index (χ2n) is 4.75. The number of thioether (sulfide) groups is 1. The number of nitrogens with zero attached hydrogens (tertiary/aromatic N) is 3. The van der Waals surface area contributed by atoms with Crippen molar-refractivity contribution in [2.45, 2.75) is 30.8 Å².